The Morgan fingerprint density at radius 3 is 2.26 bits per heavy atom. The van der Waals surface area contributed by atoms with Crippen molar-refractivity contribution in [2.24, 2.45) is 0 Å². The van der Waals surface area contributed by atoms with E-state index in [1.807, 2.05) is 48.7 Å². The largest absolute Gasteiger partial charge is 0.293 e. The molecular weight excluding hydrogens is 344 g/mol. The molecule has 0 saturated heterocycles. The minimum atomic E-state index is 0.107. The fourth-order valence-electron chi connectivity index (χ4n) is 2.03. The van der Waals surface area contributed by atoms with Crippen LogP contribution in [0.5, 0.6) is 0 Å². The van der Waals surface area contributed by atoms with Gasteiger partial charge in [0.1, 0.15) is 0 Å². The van der Waals surface area contributed by atoms with Gasteiger partial charge in [-0.1, -0.05) is 89.5 Å². The third-order valence-electron chi connectivity index (χ3n) is 3.20. The first-order valence-electron chi connectivity index (χ1n) is 6.95. The number of carbonyl (C=O) groups excluding carboxylic acids is 1. The van der Waals surface area contributed by atoms with Gasteiger partial charge in [0.15, 0.2) is 14.5 Å². The van der Waals surface area contributed by atoms with E-state index in [2.05, 4.69) is 22.3 Å². The van der Waals surface area contributed by atoms with Gasteiger partial charge < -0.3 is 0 Å². The van der Waals surface area contributed by atoms with Crippen molar-refractivity contribution in [2.75, 3.05) is 12.0 Å². The molecule has 3 aromatic rings. The molecule has 23 heavy (non-hydrogen) atoms. The highest BCUT2D eigenvalue weighted by molar-refractivity contribution is 8.03. The first-order chi connectivity index (χ1) is 11.3. The second-order valence-corrected chi connectivity index (χ2v) is 7.95. The number of Topliss-reactive ketones (excluding diaryl/α,β-unsaturated/α-hetero) is 1. The normalized spacial score (nSPS) is 10.7. The number of aromatic nitrogens is 2. The van der Waals surface area contributed by atoms with Crippen molar-refractivity contribution in [3.63, 3.8) is 0 Å². The number of hydrogen-bond donors (Lipinski definition) is 0. The van der Waals surface area contributed by atoms with Gasteiger partial charge >= 0.3 is 0 Å². The van der Waals surface area contributed by atoms with Crippen LogP contribution in [-0.4, -0.2) is 28.0 Å². The van der Waals surface area contributed by atoms with E-state index in [0.717, 1.165) is 25.4 Å². The predicted octanol–water partition coefficient (Wildman–Crippen LogP) is 4.90. The maximum Gasteiger partial charge on any atom is 0.175 e. The Hall–Kier alpha value is -1.63. The summed E-state index contributed by atoms with van der Waals surface area (Å²) in [5.41, 5.74) is 3.00. The summed E-state index contributed by atoms with van der Waals surface area (Å²) in [6, 6.07) is 17.9. The van der Waals surface area contributed by atoms with Crippen molar-refractivity contribution < 1.29 is 4.79 Å². The number of benzene rings is 2. The lowest BCUT2D eigenvalue weighted by Crippen LogP contribution is -2.01. The summed E-state index contributed by atoms with van der Waals surface area (Å²) in [6.07, 6.45) is 1.97. The molecule has 0 atom stereocenters. The van der Waals surface area contributed by atoms with Crippen molar-refractivity contribution in [3.8, 4) is 11.1 Å². The summed E-state index contributed by atoms with van der Waals surface area (Å²) >= 11 is 4.53. The fraction of sp³-hybridized carbons (Fsp3) is 0.118. The molecule has 3 nitrogen and oxygen atoms in total. The lowest BCUT2D eigenvalue weighted by atomic mass is 10.0. The molecule has 3 rings (SSSR count). The van der Waals surface area contributed by atoms with Crippen molar-refractivity contribution in [1.29, 1.82) is 0 Å². The highest BCUT2D eigenvalue weighted by Gasteiger charge is 2.10. The number of thioether (sulfide) groups is 2. The summed E-state index contributed by atoms with van der Waals surface area (Å²) in [4.78, 5) is 12.3. The zero-order valence-electron chi connectivity index (χ0n) is 12.4. The molecule has 0 radical (unpaired) electrons. The minimum Gasteiger partial charge on any atom is -0.293 e. The van der Waals surface area contributed by atoms with E-state index >= 15 is 0 Å². The average molecular weight is 359 g/mol. The first-order valence-corrected chi connectivity index (χ1v) is 9.98. The van der Waals surface area contributed by atoms with Crippen molar-refractivity contribution in [2.45, 2.75) is 8.68 Å². The first kappa shape index (κ1) is 16.2. The van der Waals surface area contributed by atoms with E-state index in [4.69, 9.17) is 0 Å². The molecule has 1 aromatic heterocycles. The molecule has 0 fully saturated rings. The van der Waals surface area contributed by atoms with E-state index in [0.29, 0.717) is 5.75 Å². The minimum absolute atomic E-state index is 0.107. The Labute approximate surface area is 147 Å². The topological polar surface area (TPSA) is 42.9 Å². The Balaban J connectivity index is 1.63. The van der Waals surface area contributed by atoms with Gasteiger partial charge in [0, 0.05) is 5.56 Å². The second-order valence-electron chi connectivity index (χ2n) is 4.69. The zero-order valence-corrected chi connectivity index (χ0v) is 14.9. The van der Waals surface area contributed by atoms with Crippen LogP contribution in [0.2, 0.25) is 0 Å². The summed E-state index contributed by atoms with van der Waals surface area (Å²) in [5, 5.41) is 8.09. The Kier molecular flexibility index (Phi) is 5.48. The van der Waals surface area contributed by atoms with Gasteiger partial charge in [0.25, 0.3) is 0 Å². The Bertz CT molecular complexity index is 785. The number of nitrogens with zero attached hydrogens (tertiary/aromatic N) is 2. The maximum absolute atomic E-state index is 12.3. The van der Waals surface area contributed by atoms with Crippen molar-refractivity contribution >= 4 is 40.6 Å². The van der Waals surface area contributed by atoms with Crippen molar-refractivity contribution in [1.82, 2.24) is 10.2 Å². The van der Waals surface area contributed by atoms with Gasteiger partial charge in [0.2, 0.25) is 0 Å². The Morgan fingerprint density at radius 2 is 1.61 bits per heavy atom. The van der Waals surface area contributed by atoms with E-state index in [9.17, 15) is 4.79 Å². The van der Waals surface area contributed by atoms with Crippen LogP contribution >= 0.6 is 34.9 Å². The zero-order chi connectivity index (χ0) is 16.1. The molecule has 0 spiro atoms. The summed E-state index contributed by atoms with van der Waals surface area (Å²) in [6.45, 7) is 0. The van der Waals surface area contributed by atoms with Gasteiger partial charge in [-0.3, -0.25) is 4.79 Å². The molecule has 116 valence electrons. The van der Waals surface area contributed by atoms with Gasteiger partial charge in [-0.25, -0.2) is 0 Å². The quantitative estimate of drug-likeness (QED) is 0.463. The third kappa shape index (κ3) is 4.22. The van der Waals surface area contributed by atoms with Crippen LogP contribution in [0, 0.1) is 0 Å². The molecule has 0 aliphatic heterocycles. The molecule has 0 N–H and O–H groups in total. The number of carbonyl (C=O) groups is 1. The van der Waals surface area contributed by atoms with Crippen LogP contribution < -0.4 is 0 Å². The highest BCUT2D eigenvalue weighted by atomic mass is 32.2. The van der Waals surface area contributed by atoms with E-state index in [1.54, 1.807) is 11.8 Å². The van der Waals surface area contributed by atoms with Crippen LogP contribution in [-0.2, 0) is 0 Å². The smallest absolute Gasteiger partial charge is 0.175 e. The lowest BCUT2D eigenvalue weighted by Gasteiger charge is -2.03. The highest BCUT2D eigenvalue weighted by Crippen LogP contribution is 2.28. The summed E-state index contributed by atoms with van der Waals surface area (Å²) in [7, 11) is 0. The molecule has 0 unspecified atom stereocenters. The Morgan fingerprint density at radius 1 is 0.957 bits per heavy atom. The molecule has 0 amide bonds. The number of rotatable bonds is 6. The lowest BCUT2D eigenvalue weighted by molar-refractivity contribution is 0.102. The SMILES string of the molecule is CSc1nnc(SCC(=O)c2ccc(-c3ccccc3)cc2)s1. The van der Waals surface area contributed by atoms with E-state index in [-0.39, 0.29) is 5.78 Å². The number of ketones is 1. The molecule has 0 saturated carbocycles. The second kappa shape index (κ2) is 7.77. The van der Waals surface area contributed by atoms with Crippen LogP contribution in [0.25, 0.3) is 11.1 Å². The van der Waals surface area contributed by atoms with Crippen molar-refractivity contribution in [3.05, 3.63) is 60.2 Å². The summed E-state index contributed by atoms with van der Waals surface area (Å²) < 4.78 is 1.76. The van der Waals surface area contributed by atoms with E-state index < -0.39 is 0 Å². The van der Waals surface area contributed by atoms with E-state index in [1.165, 1.54) is 23.1 Å². The van der Waals surface area contributed by atoms with Crippen LogP contribution in [0.3, 0.4) is 0 Å². The monoisotopic (exact) mass is 358 g/mol. The third-order valence-corrected chi connectivity index (χ3v) is 6.24. The van der Waals surface area contributed by atoms with Crippen LogP contribution in [0.15, 0.2) is 63.3 Å². The van der Waals surface area contributed by atoms with Gasteiger partial charge in [-0.05, 0) is 17.4 Å². The van der Waals surface area contributed by atoms with Crippen LogP contribution in [0.4, 0.5) is 0 Å². The molecule has 0 aliphatic rings. The van der Waals surface area contributed by atoms with Gasteiger partial charge in [-0.2, -0.15) is 0 Å². The molecule has 1 heterocycles. The predicted molar refractivity (Wildman–Crippen MR) is 98.6 cm³/mol. The fourth-order valence-corrected chi connectivity index (χ4v) is 4.36. The summed E-state index contributed by atoms with van der Waals surface area (Å²) in [5.74, 6) is 0.490. The molecule has 0 bridgehead atoms. The number of hydrogen-bond acceptors (Lipinski definition) is 6. The molecular formula is C17H14N2OS3. The van der Waals surface area contributed by atoms with Gasteiger partial charge in [0.05, 0.1) is 5.75 Å². The molecule has 6 heteroatoms. The standard InChI is InChI=1S/C17H14N2OS3/c1-21-16-18-19-17(23-16)22-11-15(20)14-9-7-13(8-10-14)12-5-3-2-4-6-12/h2-10H,11H2,1H3. The average Bonchev–Trinajstić information content (AvgIpc) is 3.09. The van der Waals surface area contributed by atoms with Crippen LogP contribution in [0.1, 0.15) is 10.4 Å². The molecule has 2 aromatic carbocycles. The molecule has 0 aliphatic carbocycles. The van der Waals surface area contributed by atoms with Gasteiger partial charge in [-0.15, -0.1) is 10.2 Å². The maximum atomic E-state index is 12.3.